The average molecular weight is 555 g/mol. The van der Waals surface area contributed by atoms with Gasteiger partial charge in [0.25, 0.3) is 11.8 Å². The molecule has 0 spiro atoms. The Kier molecular flexibility index (Phi) is 7.36. The molecule has 2 aromatic carbocycles. The van der Waals surface area contributed by atoms with Crippen LogP contribution < -0.4 is 11.1 Å². The first-order chi connectivity index (χ1) is 18.7. The van der Waals surface area contributed by atoms with Crippen molar-refractivity contribution in [1.82, 2.24) is 19.7 Å². The zero-order valence-corrected chi connectivity index (χ0v) is 21.1. The molecule has 2 aromatic heterocycles. The smallest absolute Gasteiger partial charge is 0.274 e. The van der Waals surface area contributed by atoms with Crippen molar-refractivity contribution >= 4 is 29.2 Å². The number of para-hydroxylation sites is 1. The van der Waals surface area contributed by atoms with E-state index in [1.54, 1.807) is 30.3 Å². The van der Waals surface area contributed by atoms with Gasteiger partial charge in [0.15, 0.2) is 5.69 Å². The molecule has 12 heteroatoms. The highest BCUT2D eigenvalue weighted by Crippen LogP contribution is 2.30. The fourth-order valence-corrected chi connectivity index (χ4v) is 4.55. The minimum atomic E-state index is -1.20. The van der Waals surface area contributed by atoms with Crippen LogP contribution in [-0.4, -0.2) is 56.8 Å². The quantitative estimate of drug-likeness (QED) is 0.374. The third-order valence-corrected chi connectivity index (χ3v) is 6.66. The van der Waals surface area contributed by atoms with Crippen molar-refractivity contribution in [2.75, 3.05) is 18.4 Å². The number of rotatable bonds is 5. The summed E-state index contributed by atoms with van der Waals surface area (Å²) in [4.78, 5) is 31.8. The summed E-state index contributed by atoms with van der Waals surface area (Å²) in [5.41, 5.74) is 5.67. The number of likely N-dealkylation sites (tertiary alicyclic amines) is 1. The second-order valence-electron chi connectivity index (χ2n) is 8.98. The number of hydrogen-bond acceptors (Lipinski definition) is 5. The Hall–Kier alpha value is -4.22. The number of anilines is 1. The van der Waals surface area contributed by atoms with Crippen molar-refractivity contribution in [2.24, 2.45) is 5.73 Å². The molecule has 3 heterocycles. The van der Waals surface area contributed by atoms with Gasteiger partial charge in [0.2, 0.25) is 0 Å². The van der Waals surface area contributed by atoms with Crippen LogP contribution in [0.3, 0.4) is 0 Å². The van der Waals surface area contributed by atoms with E-state index < -0.39 is 35.7 Å². The van der Waals surface area contributed by atoms with E-state index in [0.717, 1.165) is 18.2 Å². The highest BCUT2D eigenvalue weighted by atomic mass is 35.5. The molecular formula is C27H22ClF3N6O2. The first-order valence-electron chi connectivity index (χ1n) is 12.0. The van der Waals surface area contributed by atoms with Crippen LogP contribution in [-0.2, 0) is 0 Å². The van der Waals surface area contributed by atoms with Crippen molar-refractivity contribution in [2.45, 2.75) is 18.6 Å². The van der Waals surface area contributed by atoms with E-state index in [2.05, 4.69) is 15.4 Å². The van der Waals surface area contributed by atoms with Gasteiger partial charge in [0, 0.05) is 30.9 Å². The number of amides is 2. The summed E-state index contributed by atoms with van der Waals surface area (Å²) < 4.78 is 44.2. The maximum atomic E-state index is 14.7. The Bertz CT molecular complexity index is 1550. The van der Waals surface area contributed by atoms with Crippen LogP contribution in [0.25, 0.3) is 16.9 Å². The Labute approximate surface area is 226 Å². The maximum absolute atomic E-state index is 14.7. The molecule has 5 rings (SSSR count). The first-order valence-corrected chi connectivity index (χ1v) is 12.4. The summed E-state index contributed by atoms with van der Waals surface area (Å²) in [6.45, 7) is 0.198. The van der Waals surface area contributed by atoms with E-state index in [-0.39, 0.29) is 52.9 Å². The molecule has 0 radical (unpaired) electrons. The molecule has 2 amide bonds. The number of carbonyl (C=O) groups is 2. The van der Waals surface area contributed by atoms with Crippen LogP contribution in [0.1, 0.15) is 27.3 Å². The average Bonchev–Trinajstić information content (AvgIpc) is 3.34. The minimum Gasteiger partial charge on any atom is -0.335 e. The number of alkyl halides is 1. The number of nitrogens with two attached hydrogens (primary N) is 1. The Morgan fingerprint density at radius 3 is 2.54 bits per heavy atom. The van der Waals surface area contributed by atoms with Crippen LogP contribution in [0, 0.1) is 11.6 Å². The number of nitrogens with one attached hydrogen (secondary N) is 1. The lowest BCUT2D eigenvalue weighted by Gasteiger charge is -2.32. The number of halogens is 4. The molecular weight excluding hydrogens is 533 g/mol. The number of benzene rings is 2. The van der Waals surface area contributed by atoms with E-state index >= 15 is 0 Å². The number of aromatic nitrogens is 3. The summed E-state index contributed by atoms with van der Waals surface area (Å²) >= 11 is 6.19. The fraction of sp³-hybridized carbons (Fsp3) is 0.185. The third kappa shape index (κ3) is 5.36. The second kappa shape index (κ2) is 10.9. The standard InChI is InChI=1S/C27H22ClF3N6O2/c28-18-12-21(31)17(25-20(30)7-4-9-33-25)11-16(18)26(38)34-24-13-23(35-37(24)15-5-2-1-3-6-15)27(39)36-10-8-19(29)22(32)14-36/h1-7,9,11-13,19,22H,8,10,14,32H2,(H,34,38)/t19-,22-/m1/s1. The Morgan fingerprint density at radius 1 is 1.05 bits per heavy atom. The minimum absolute atomic E-state index is 0.000102. The molecule has 39 heavy (non-hydrogen) atoms. The van der Waals surface area contributed by atoms with Crippen molar-refractivity contribution in [3.05, 3.63) is 94.8 Å². The highest BCUT2D eigenvalue weighted by molar-refractivity contribution is 6.34. The topological polar surface area (TPSA) is 106 Å². The maximum Gasteiger partial charge on any atom is 0.274 e. The normalized spacial score (nSPS) is 17.2. The van der Waals surface area contributed by atoms with Crippen molar-refractivity contribution < 1.29 is 22.8 Å². The predicted octanol–water partition coefficient (Wildman–Crippen LogP) is 4.63. The molecule has 3 N–H and O–H groups in total. The summed E-state index contributed by atoms with van der Waals surface area (Å²) in [5.74, 6) is -2.74. The Morgan fingerprint density at radius 2 is 1.82 bits per heavy atom. The number of carbonyl (C=O) groups excluding carboxylic acids is 2. The second-order valence-corrected chi connectivity index (χ2v) is 9.39. The summed E-state index contributed by atoms with van der Waals surface area (Å²) in [7, 11) is 0. The third-order valence-electron chi connectivity index (χ3n) is 6.34. The molecule has 4 aromatic rings. The molecule has 0 saturated carbocycles. The van der Waals surface area contributed by atoms with Crippen LogP contribution in [0.4, 0.5) is 19.0 Å². The van der Waals surface area contributed by atoms with Gasteiger partial charge in [-0.25, -0.2) is 17.9 Å². The largest absolute Gasteiger partial charge is 0.335 e. The zero-order valence-electron chi connectivity index (χ0n) is 20.3. The van der Waals surface area contributed by atoms with Crippen LogP contribution >= 0.6 is 11.6 Å². The fourth-order valence-electron chi connectivity index (χ4n) is 4.31. The van der Waals surface area contributed by atoms with Gasteiger partial charge in [-0.1, -0.05) is 29.8 Å². The van der Waals surface area contributed by atoms with Gasteiger partial charge in [0.1, 0.15) is 29.3 Å². The van der Waals surface area contributed by atoms with Gasteiger partial charge in [-0.05, 0) is 42.8 Å². The van der Waals surface area contributed by atoms with Gasteiger partial charge >= 0.3 is 0 Å². The number of piperidine rings is 1. The summed E-state index contributed by atoms with van der Waals surface area (Å²) in [6, 6.07) is 13.8. The lowest BCUT2D eigenvalue weighted by molar-refractivity contribution is 0.0623. The zero-order chi connectivity index (χ0) is 27.7. The van der Waals surface area contributed by atoms with Gasteiger partial charge in [-0.15, -0.1) is 0 Å². The van der Waals surface area contributed by atoms with Crippen molar-refractivity contribution in [1.29, 1.82) is 0 Å². The molecule has 1 fully saturated rings. The summed E-state index contributed by atoms with van der Waals surface area (Å²) in [5, 5.41) is 6.83. The first kappa shape index (κ1) is 26.4. The van der Waals surface area contributed by atoms with Crippen LogP contribution in [0.2, 0.25) is 5.02 Å². The van der Waals surface area contributed by atoms with E-state index in [9.17, 15) is 22.8 Å². The molecule has 1 saturated heterocycles. The van der Waals surface area contributed by atoms with Gasteiger partial charge < -0.3 is 16.0 Å². The number of hydrogen-bond donors (Lipinski definition) is 2. The van der Waals surface area contributed by atoms with Crippen LogP contribution in [0.15, 0.2) is 66.9 Å². The van der Waals surface area contributed by atoms with Gasteiger partial charge in [-0.3, -0.25) is 14.6 Å². The molecule has 2 atom stereocenters. The molecule has 1 aliphatic heterocycles. The number of pyridine rings is 1. The number of nitrogens with zero attached hydrogens (tertiary/aromatic N) is 4. The molecule has 200 valence electrons. The summed E-state index contributed by atoms with van der Waals surface area (Å²) in [6.07, 6.45) is 0.209. The molecule has 0 aliphatic carbocycles. The lowest BCUT2D eigenvalue weighted by Crippen LogP contribution is -2.51. The predicted molar refractivity (Wildman–Crippen MR) is 140 cm³/mol. The highest BCUT2D eigenvalue weighted by Gasteiger charge is 2.31. The van der Waals surface area contributed by atoms with E-state index in [0.29, 0.717) is 5.69 Å². The lowest BCUT2D eigenvalue weighted by atomic mass is 10.0. The molecule has 0 unspecified atom stereocenters. The van der Waals surface area contributed by atoms with E-state index in [1.807, 2.05) is 0 Å². The van der Waals surface area contributed by atoms with E-state index in [4.69, 9.17) is 17.3 Å². The molecule has 0 bridgehead atoms. The SMILES string of the molecule is N[C@@H]1CN(C(=O)c2cc(NC(=O)c3cc(-c4ncccc4F)c(F)cc3Cl)n(-c3ccccc3)n2)CC[C@H]1F. The van der Waals surface area contributed by atoms with Gasteiger partial charge in [0.05, 0.1) is 22.3 Å². The Balaban J connectivity index is 1.49. The van der Waals surface area contributed by atoms with E-state index in [1.165, 1.54) is 27.9 Å². The molecule has 1 aliphatic rings. The molecule has 8 nitrogen and oxygen atoms in total. The van der Waals surface area contributed by atoms with Crippen molar-refractivity contribution in [3.8, 4) is 16.9 Å². The van der Waals surface area contributed by atoms with Gasteiger partial charge in [-0.2, -0.15) is 5.10 Å². The van der Waals surface area contributed by atoms with Crippen molar-refractivity contribution in [3.63, 3.8) is 0 Å². The monoisotopic (exact) mass is 554 g/mol. The van der Waals surface area contributed by atoms with Crippen LogP contribution in [0.5, 0.6) is 0 Å².